The van der Waals surface area contributed by atoms with Crippen LogP contribution in [0.1, 0.15) is 32.8 Å². The van der Waals surface area contributed by atoms with Gasteiger partial charge >= 0.3 is 0 Å². The van der Waals surface area contributed by atoms with Crippen molar-refractivity contribution >= 4 is 5.69 Å². The molecule has 2 nitrogen and oxygen atoms in total. The number of anilines is 1. The van der Waals surface area contributed by atoms with E-state index in [2.05, 4.69) is 25.7 Å². The van der Waals surface area contributed by atoms with Crippen LogP contribution in [0.25, 0.3) is 0 Å². The molecule has 0 spiro atoms. The summed E-state index contributed by atoms with van der Waals surface area (Å²) in [7, 11) is 2.00. The number of hydrogen-bond acceptors (Lipinski definition) is 2. The molecule has 0 fully saturated rings. The minimum atomic E-state index is -0.223. The second-order valence-electron chi connectivity index (χ2n) is 4.83. The lowest BCUT2D eigenvalue weighted by atomic mass is 9.99. The minimum Gasteiger partial charge on any atom is -0.398 e. The Balaban J connectivity index is 2.89. The molecule has 0 saturated heterocycles. The molecule has 1 aromatic rings. The average Bonchev–Trinajstić information content (AvgIpc) is 2.23. The van der Waals surface area contributed by atoms with E-state index < -0.39 is 0 Å². The molecule has 0 unspecified atom stereocenters. The standard InChI is InChI=1S/C13H21FN2/c1-5-13(2,3)16(4)9-10-11(14)7-6-8-12(10)15/h6-8H,5,9,15H2,1-4H3. The van der Waals surface area contributed by atoms with Gasteiger partial charge in [-0.25, -0.2) is 4.39 Å². The smallest absolute Gasteiger partial charge is 0.129 e. The molecule has 3 heteroatoms. The van der Waals surface area contributed by atoms with Crippen LogP contribution >= 0.6 is 0 Å². The third kappa shape index (κ3) is 2.73. The Kier molecular flexibility index (Phi) is 3.92. The molecule has 1 aromatic carbocycles. The van der Waals surface area contributed by atoms with E-state index in [1.54, 1.807) is 12.1 Å². The highest BCUT2D eigenvalue weighted by Gasteiger charge is 2.22. The summed E-state index contributed by atoms with van der Waals surface area (Å²) in [6.45, 7) is 6.95. The van der Waals surface area contributed by atoms with Crippen molar-refractivity contribution in [1.29, 1.82) is 0 Å². The molecule has 0 aromatic heterocycles. The van der Waals surface area contributed by atoms with Gasteiger partial charge in [0.05, 0.1) is 0 Å². The van der Waals surface area contributed by atoms with Crippen LogP contribution in [0.2, 0.25) is 0 Å². The minimum absolute atomic E-state index is 0.0503. The van der Waals surface area contributed by atoms with Crippen molar-refractivity contribution in [2.75, 3.05) is 12.8 Å². The van der Waals surface area contributed by atoms with Crippen LogP contribution < -0.4 is 5.73 Å². The fraction of sp³-hybridized carbons (Fsp3) is 0.538. The van der Waals surface area contributed by atoms with E-state index in [1.165, 1.54) is 6.07 Å². The first kappa shape index (κ1) is 13.0. The number of benzene rings is 1. The summed E-state index contributed by atoms with van der Waals surface area (Å²) in [4.78, 5) is 2.13. The summed E-state index contributed by atoms with van der Waals surface area (Å²) in [6.07, 6.45) is 1.01. The van der Waals surface area contributed by atoms with Crippen molar-refractivity contribution < 1.29 is 4.39 Å². The number of halogens is 1. The molecule has 90 valence electrons. The highest BCUT2D eigenvalue weighted by molar-refractivity contribution is 5.47. The van der Waals surface area contributed by atoms with E-state index in [0.717, 1.165) is 6.42 Å². The zero-order valence-corrected chi connectivity index (χ0v) is 10.5. The van der Waals surface area contributed by atoms with Gasteiger partial charge in [0.15, 0.2) is 0 Å². The highest BCUT2D eigenvalue weighted by atomic mass is 19.1. The summed E-state index contributed by atoms with van der Waals surface area (Å²) in [5.41, 5.74) is 6.95. The molecule has 0 aliphatic rings. The maximum atomic E-state index is 13.6. The Morgan fingerprint density at radius 2 is 2.00 bits per heavy atom. The summed E-state index contributed by atoms with van der Waals surface area (Å²) >= 11 is 0. The van der Waals surface area contributed by atoms with E-state index in [9.17, 15) is 4.39 Å². The number of nitrogen functional groups attached to an aromatic ring is 1. The third-order valence-electron chi connectivity index (χ3n) is 3.45. The van der Waals surface area contributed by atoms with Gasteiger partial charge in [0.25, 0.3) is 0 Å². The van der Waals surface area contributed by atoms with Crippen LogP contribution in [0.15, 0.2) is 18.2 Å². The van der Waals surface area contributed by atoms with Crippen LogP contribution in [-0.2, 0) is 6.54 Å². The van der Waals surface area contributed by atoms with Crippen LogP contribution in [0.3, 0.4) is 0 Å². The van der Waals surface area contributed by atoms with E-state index in [4.69, 9.17) is 5.73 Å². The van der Waals surface area contributed by atoms with E-state index in [-0.39, 0.29) is 11.4 Å². The van der Waals surface area contributed by atoms with Crippen molar-refractivity contribution in [3.63, 3.8) is 0 Å². The van der Waals surface area contributed by atoms with Crippen LogP contribution in [0, 0.1) is 5.82 Å². The highest BCUT2D eigenvalue weighted by Crippen LogP contribution is 2.23. The van der Waals surface area contributed by atoms with Crippen LogP contribution in [0.4, 0.5) is 10.1 Å². The second-order valence-corrected chi connectivity index (χ2v) is 4.83. The van der Waals surface area contributed by atoms with Crippen molar-refractivity contribution in [3.05, 3.63) is 29.6 Å². The Bertz CT molecular complexity index is 341. The molecule has 16 heavy (non-hydrogen) atoms. The van der Waals surface area contributed by atoms with Gasteiger partial charge in [-0.3, -0.25) is 4.90 Å². The van der Waals surface area contributed by atoms with Gasteiger partial charge < -0.3 is 5.73 Å². The van der Waals surface area contributed by atoms with E-state index >= 15 is 0 Å². The summed E-state index contributed by atoms with van der Waals surface area (Å²) in [5.74, 6) is -0.223. The van der Waals surface area contributed by atoms with Crippen molar-refractivity contribution in [2.24, 2.45) is 0 Å². The largest absolute Gasteiger partial charge is 0.398 e. The van der Waals surface area contributed by atoms with Crippen molar-refractivity contribution in [3.8, 4) is 0 Å². The molecule has 0 amide bonds. The maximum Gasteiger partial charge on any atom is 0.129 e. The molecular weight excluding hydrogens is 203 g/mol. The zero-order valence-electron chi connectivity index (χ0n) is 10.5. The first-order valence-electron chi connectivity index (χ1n) is 5.62. The Hall–Kier alpha value is -1.09. The van der Waals surface area contributed by atoms with Gasteiger partial charge in [-0.1, -0.05) is 13.0 Å². The van der Waals surface area contributed by atoms with Gasteiger partial charge in [0, 0.05) is 23.3 Å². The predicted octanol–water partition coefficient (Wildman–Crippen LogP) is 3.03. The van der Waals surface area contributed by atoms with Gasteiger partial charge in [0.1, 0.15) is 5.82 Å². The quantitative estimate of drug-likeness (QED) is 0.796. The lowest BCUT2D eigenvalue weighted by molar-refractivity contribution is 0.142. The average molecular weight is 224 g/mol. The third-order valence-corrected chi connectivity index (χ3v) is 3.45. The lowest BCUT2D eigenvalue weighted by Crippen LogP contribution is -2.40. The zero-order chi connectivity index (χ0) is 12.3. The SMILES string of the molecule is CCC(C)(C)N(C)Cc1c(N)cccc1F. The number of nitrogens with two attached hydrogens (primary N) is 1. The molecular formula is C13H21FN2. The molecule has 0 saturated carbocycles. The number of nitrogens with zero attached hydrogens (tertiary/aromatic N) is 1. The normalized spacial score (nSPS) is 12.1. The summed E-state index contributed by atoms with van der Waals surface area (Å²) in [5, 5.41) is 0. The number of hydrogen-bond donors (Lipinski definition) is 1. The molecule has 0 aliphatic heterocycles. The maximum absolute atomic E-state index is 13.6. The second kappa shape index (κ2) is 4.83. The molecule has 0 heterocycles. The van der Waals surface area contributed by atoms with E-state index in [1.807, 2.05) is 7.05 Å². The van der Waals surface area contributed by atoms with Crippen LogP contribution in [-0.4, -0.2) is 17.5 Å². The van der Waals surface area contributed by atoms with Gasteiger partial charge in [0.2, 0.25) is 0 Å². The molecule has 0 aliphatic carbocycles. The van der Waals surface area contributed by atoms with Gasteiger partial charge in [-0.15, -0.1) is 0 Å². The summed E-state index contributed by atoms with van der Waals surface area (Å²) < 4.78 is 13.6. The van der Waals surface area contributed by atoms with Crippen molar-refractivity contribution in [1.82, 2.24) is 4.90 Å². The lowest BCUT2D eigenvalue weighted by Gasteiger charge is -2.35. The monoisotopic (exact) mass is 224 g/mol. The first-order chi connectivity index (χ1) is 7.38. The van der Waals surface area contributed by atoms with Crippen molar-refractivity contribution in [2.45, 2.75) is 39.3 Å². The molecule has 2 N–H and O–H groups in total. The predicted molar refractivity (Wildman–Crippen MR) is 66.6 cm³/mol. The van der Waals surface area contributed by atoms with Crippen LogP contribution in [0.5, 0.6) is 0 Å². The Morgan fingerprint density at radius 1 is 1.38 bits per heavy atom. The fourth-order valence-corrected chi connectivity index (χ4v) is 1.46. The molecule has 1 rings (SSSR count). The van der Waals surface area contributed by atoms with Gasteiger partial charge in [-0.2, -0.15) is 0 Å². The molecule has 0 radical (unpaired) electrons. The summed E-state index contributed by atoms with van der Waals surface area (Å²) in [6, 6.07) is 4.84. The number of rotatable bonds is 4. The topological polar surface area (TPSA) is 29.3 Å². The molecule has 0 atom stereocenters. The van der Waals surface area contributed by atoms with E-state index in [0.29, 0.717) is 17.8 Å². The Labute approximate surface area is 97.3 Å². The van der Waals surface area contributed by atoms with Gasteiger partial charge in [-0.05, 0) is 39.4 Å². The first-order valence-corrected chi connectivity index (χ1v) is 5.62. The fourth-order valence-electron chi connectivity index (χ4n) is 1.46. The molecule has 0 bridgehead atoms. The Morgan fingerprint density at radius 3 is 2.50 bits per heavy atom.